The fourth-order valence-corrected chi connectivity index (χ4v) is 1.91. The maximum atomic E-state index is 11.0. The third-order valence-corrected chi connectivity index (χ3v) is 3.20. The molecule has 1 aromatic heterocycles. The summed E-state index contributed by atoms with van der Waals surface area (Å²) in [6.07, 6.45) is 0. The van der Waals surface area contributed by atoms with Crippen LogP contribution in [0.5, 0.6) is 5.75 Å². The molecule has 0 radical (unpaired) electrons. The van der Waals surface area contributed by atoms with E-state index in [0.29, 0.717) is 12.2 Å². The lowest BCUT2D eigenvalue weighted by molar-refractivity contribution is 0.340. The molecule has 2 aromatic rings. The molecule has 6 nitrogen and oxygen atoms in total. The van der Waals surface area contributed by atoms with Crippen molar-refractivity contribution in [1.29, 1.82) is 0 Å². The highest BCUT2D eigenvalue weighted by Gasteiger charge is 2.16. The molecule has 8 heteroatoms. The van der Waals surface area contributed by atoms with Crippen LogP contribution in [0.15, 0.2) is 29.4 Å². The van der Waals surface area contributed by atoms with Crippen molar-refractivity contribution in [3.8, 4) is 17.1 Å². The van der Waals surface area contributed by atoms with Crippen LogP contribution in [0.3, 0.4) is 0 Å². The number of halogens is 1. The van der Waals surface area contributed by atoms with E-state index < -0.39 is 9.05 Å². The van der Waals surface area contributed by atoms with Crippen LogP contribution in [0.1, 0.15) is 6.92 Å². The van der Waals surface area contributed by atoms with Crippen molar-refractivity contribution < 1.29 is 13.2 Å². The van der Waals surface area contributed by atoms with E-state index in [1.807, 2.05) is 6.92 Å². The SMILES string of the molecule is CCOc1ccc(-c2n[nH]c(S(=O)(=O)Cl)n2)cc1. The molecular formula is C10H10ClN3O3S. The number of ether oxygens (including phenoxy) is 1. The molecule has 1 aromatic carbocycles. The van der Waals surface area contributed by atoms with Crippen molar-refractivity contribution in [1.82, 2.24) is 15.2 Å². The summed E-state index contributed by atoms with van der Waals surface area (Å²) in [5.41, 5.74) is 0.668. The lowest BCUT2D eigenvalue weighted by Gasteiger charge is -2.02. The lowest BCUT2D eigenvalue weighted by Crippen LogP contribution is -1.93. The summed E-state index contributed by atoms with van der Waals surface area (Å²) in [5.74, 6) is 0.985. The summed E-state index contributed by atoms with van der Waals surface area (Å²) < 4.78 is 27.3. The predicted octanol–water partition coefficient (Wildman–Crippen LogP) is 1.80. The largest absolute Gasteiger partial charge is 0.494 e. The number of aromatic nitrogens is 3. The van der Waals surface area contributed by atoms with Crippen LogP contribution in [0, 0.1) is 0 Å². The van der Waals surface area contributed by atoms with Gasteiger partial charge >= 0.3 is 0 Å². The Labute approximate surface area is 108 Å². The van der Waals surface area contributed by atoms with Crippen LogP contribution < -0.4 is 4.74 Å². The first-order valence-electron chi connectivity index (χ1n) is 5.11. The van der Waals surface area contributed by atoms with Crippen LogP contribution in [-0.2, 0) is 9.05 Å². The smallest absolute Gasteiger partial charge is 0.296 e. The van der Waals surface area contributed by atoms with E-state index in [4.69, 9.17) is 15.4 Å². The number of H-pyrrole nitrogens is 1. The van der Waals surface area contributed by atoms with Gasteiger partial charge in [-0.3, -0.25) is 0 Å². The van der Waals surface area contributed by atoms with Crippen LogP contribution >= 0.6 is 10.7 Å². The Bertz CT molecular complexity index is 637. The molecule has 0 aliphatic heterocycles. The average molecular weight is 288 g/mol. The van der Waals surface area contributed by atoms with Crippen molar-refractivity contribution in [2.75, 3.05) is 6.61 Å². The predicted molar refractivity (Wildman–Crippen MR) is 66.0 cm³/mol. The first-order chi connectivity index (χ1) is 8.50. The Morgan fingerprint density at radius 3 is 2.50 bits per heavy atom. The van der Waals surface area contributed by atoms with Crippen molar-refractivity contribution in [3.05, 3.63) is 24.3 Å². The van der Waals surface area contributed by atoms with Gasteiger partial charge in [0.25, 0.3) is 14.2 Å². The number of benzene rings is 1. The molecule has 0 aliphatic rings. The Hall–Kier alpha value is -1.60. The molecule has 1 N–H and O–H groups in total. The monoisotopic (exact) mass is 287 g/mol. The minimum absolute atomic E-state index is 0.261. The zero-order valence-corrected chi connectivity index (χ0v) is 11.0. The standard InChI is InChI=1S/C10H10ClN3O3S/c1-2-17-8-5-3-7(4-6-8)9-12-10(14-13-9)18(11,15)16/h3-6H,2H2,1H3,(H,12,13,14). The second-order valence-corrected chi connectivity index (χ2v) is 5.84. The molecule has 0 bridgehead atoms. The Morgan fingerprint density at radius 2 is 2.00 bits per heavy atom. The van der Waals surface area contributed by atoms with Crippen LogP contribution in [-0.4, -0.2) is 30.2 Å². The lowest BCUT2D eigenvalue weighted by atomic mass is 10.2. The van der Waals surface area contributed by atoms with Gasteiger partial charge in [-0.2, -0.15) is 10.1 Å². The minimum atomic E-state index is -3.89. The molecule has 18 heavy (non-hydrogen) atoms. The van der Waals surface area contributed by atoms with Gasteiger partial charge in [-0.05, 0) is 31.2 Å². The fraction of sp³-hybridized carbons (Fsp3) is 0.200. The Balaban J connectivity index is 2.29. The molecule has 1 heterocycles. The van der Waals surface area contributed by atoms with E-state index in [0.717, 1.165) is 5.75 Å². The number of hydrogen-bond acceptors (Lipinski definition) is 5. The average Bonchev–Trinajstić information content (AvgIpc) is 2.79. The molecule has 0 amide bonds. The summed E-state index contributed by atoms with van der Waals surface area (Å²) in [4.78, 5) is 3.80. The van der Waals surface area contributed by atoms with Crippen LogP contribution in [0.2, 0.25) is 0 Å². The van der Waals surface area contributed by atoms with E-state index in [-0.39, 0.29) is 11.0 Å². The number of nitrogens with one attached hydrogen (secondary N) is 1. The first-order valence-corrected chi connectivity index (χ1v) is 7.42. The van der Waals surface area contributed by atoms with Gasteiger partial charge in [0, 0.05) is 16.2 Å². The number of nitrogens with zero attached hydrogens (tertiary/aromatic N) is 2. The second-order valence-electron chi connectivity index (χ2n) is 3.36. The maximum Gasteiger partial charge on any atom is 0.296 e. The summed E-state index contributed by atoms with van der Waals surface area (Å²) in [5, 5.41) is 5.69. The van der Waals surface area contributed by atoms with Crippen molar-refractivity contribution in [2.45, 2.75) is 12.1 Å². The second kappa shape index (κ2) is 4.95. The van der Waals surface area contributed by atoms with Gasteiger partial charge in [-0.1, -0.05) is 0 Å². The van der Waals surface area contributed by atoms with E-state index in [1.54, 1.807) is 24.3 Å². The highest BCUT2D eigenvalue weighted by molar-refractivity contribution is 8.13. The Morgan fingerprint density at radius 1 is 1.33 bits per heavy atom. The summed E-state index contributed by atoms with van der Waals surface area (Å²) >= 11 is 0. The molecule has 0 unspecified atom stereocenters. The van der Waals surface area contributed by atoms with Gasteiger partial charge < -0.3 is 4.74 Å². The van der Waals surface area contributed by atoms with Crippen LogP contribution in [0.25, 0.3) is 11.4 Å². The molecule has 2 rings (SSSR count). The zero-order chi connectivity index (χ0) is 13.2. The van der Waals surface area contributed by atoms with Gasteiger partial charge in [0.2, 0.25) is 0 Å². The van der Waals surface area contributed by atoms with Gasteiger partial charge in [0.1, 0.15) is 5.75 Å². The minimum Gasteiger partial charge on any atom is -0.494 e. The number of hydrogen-bond donors (Lipinski definition) is 1. The molecule has 0 aliphatic carbocycles. The van der Waals surface area contributed by atoms with Gasteiger partial charge in [0.05, 0.1) is 6.61 Å². The summed E-state index contributed by atoms with van der Waals surface area (Å²) in [7, 11) is 1.26. The third-order valence-electron chi connectivity index (χ3n) is 2.12. The highest BCUT2D eigenvalue weighted by atomic mass is 35.7. The van der Waals surface area contributed by atoms with Crippen LogP contribution in [0.4, 0.5) is 0 Å². The van der Waals surface area contributed by atoms with Gasteiger partial charge in [0.15, 0.2) is 5.82 Å². The first kappa shape index (κ1) is 12.8. The molecule has 0 fully saturated rings. The fourth-order valence-electron chi connectivity index (χ4n) is 1.35. The zero-order valence-electron chi connectivity index (χ0n) is 9.42. The summed E-state index contributed by atoms with van der Waals surface area (Å²) in [6.45, 7) is 2.47. The van der Waals surface area contributed by atoms with E-state index in [9.17, 15) is 8.42 Å². The topological polar surface area (TPSA) is 84.9 Å². The molecule has 96 valence electrons. The van der Waals surface area contributed by atoms with E-state index in [2.05, 4.69) is 15.2 Å². The van der Waals surface area contributed by atoms with E-state index >= 15 is 0 Å². The molecule has 0 spiro atoms. The van der Waals surface area contributed by atoms with Crippen molar-refractivity contribution in [2.24, 2.45) is 0 Å². The molecular weight excluding hydrogens is 278 g/mol. The van der Waals surface area contributed by atoms with Crippen molar-refractivity contribution >= 4 is 19.7 Å². The quantitative estimate of drug-likeness (QED) is 0.867. The molecule has 0 atom stereocenters. The third kappa shape index (κ3) is 2.80. The highest BCUT2D eigenvalue weighted by Crippen LogP contribution is 2.20. The molecule has 0 saturated carbocycles. The van der Waals surface area contributed by atoms with Gasteiger partial charge in [-0.15, -0.1) is 0 Å². The van der Waals surface area contributed by atoms with Gasteiger partial charge in [-0.25, -0.2) is 13.5 Å². The Kier molecular flexibility index (Phi) is 3.53. The maximum absolute atomic E-state index is 11.0. The number of rotatable bonds is 4. The van der Waals surface area contributed by atoms with E-state index in [1.165, 1.54) is 0 Å². The normalized spacial score (nSPS) is 11.4. The van der Waals surface area contributed by atoms with Crippen molar-refractivity contribution in [3.63, 3.8) is 0 Å². The number of aromatic amines is 1. The summed E-state index contributed by atoms with van der Waals surface area (Å²) in [6, 6.07) is 6.98. The molecule has 0 saturated heterocycles.